The van der Waals surface area contributed by atoms with Gasteiger partial charge in [0.1, 0.15) is 0 Å². The highest BCUT2D eigenvalue weighted by atomic mass is 14.7. The van der Waals surface area contributed by atoms with Gasteiger partial charge >= 0.3 is 0 Å². The average Bonchev–Trinajstić information content (AvgIpc) is 2.48. The summed E-state index contributed by atoms with van der Waals surface area (Å²) < 4.78 is 0. The molecule has 0 spiro atoms. The van der Waals surface area contributed by atoms with Crippen molar-refractivity contribution in [2.75, 3.05) is 0 Å². The fourth-order valence-corrected chi connectivity index (χ4v) is 2.22. The van der Waals surface area contributed by atoms with Crippen LogP contribution in [0.2, 0.25) is 0 Å². The molecule has 2 aliphatic carbocycles. The van der Waals surface area contributed by atoms with E-state index in [0.29, 0.717) is 6.04 Å². The zero-order valence-electron chi connectivity index (χ0n) is 6.55. The van der Waals surface area contributed by atoms with E-state index in [1.54, 1.807) is 0 Å². The highest BCUT2D eigenvalue weighted by Crippen LogP contribution is 2.39. The Bertz CT molecular complexity index is 116. The summed E-state index contributed by atoms with van der Waals surface area (Å²) in [5, 5.41) is 0. The summed E-state index contributed by atoms with van der Waals surface area (Å²) in [5.74, 6) is 1.97. The van der Waals surface area contributed by atoms with E-state index in [1.165, 1.54) is 38.5 Å². The van der Waals surface area contributed by atoms with Crippen molar-refractivity contribution < 1.29 is 0 Å². The molecule has 0 bridgehead atoms. The Labute approximate surface area is 63.0 Å². The molecule has 2 rings (SSSR count). The fraction of sp³-hybridized carbons (Fsp3) is 1.00. The third kappa shape index (κ3) is 1.34. The van der Waals surface area contributed by atoms with Crippen molar-refractivity contribution in [2.45, 2.75) is 44.6 Å². The first kappa shape index (κ1) is 6.66. The smallest absolute Gasteiger partial charge is 0.00710 e. The van der Waals surface area contributed by atoms with Gasteiger partial charge in [0, 0.05) is 6.04 Å². The second-order valence-electron chi connectivity index (χ2n) is 4.05. The lowest BCUT2D eigenvalue weighted by molar-refractivity contribution is 0.465. The second kappa shape index (κ2) is 2.54. The van der Waals surface area contributed by atoms with Crippen LogP contribution in [0.15, 0.2) is 0 Å². The molecule has 58 valence electrons. The molecule has 1 nitrogen and oxygen atoms in total. The lowest BCUT2D eigenvalue weighted by Gasteiger charge is -2.05. The van der Waals surface area contributed by atoms with Crippen LogP contribution in [0, 0.1) is 11.8 Å². The van der Waals surface area contributed by atoms with Crippen LogP contribution < -0.4 is 5.73 Å². The zero-order valence-corrected chi connectivity index (χ0v) is 6.55. The van der Waals surface area contributed by atoms with Gasteiger partial charge in [0.25, 0.3) is 0 Å². The molecule has 1 heteroatoms. The van der Waals surface area contributed by atoms with Gasteiger partial charge in [0.05, 0.1) is 0 Å². The highest BCUT2D eigenvalue weighted by Gasteiger charge is 2.35. The summed E-state index contributed by atoms with van der Waals surface area (Å²) >= 11 is 0. The molecule has 0 saturated heterocycles. The van der Waals surface area contributed by atoms with Gasteiger partial charge in [-0.15, -0.1) is 0 Å². The SMILES string of the molecule is NC1CC1CC1CCCC1. The lowest BCUT2D eigenvalue weighted by atomic mass is 10.0. The van der Waals surface area contributed by atoms with E-state index in [-0.39, 0.29) is 0 Å². The summed E-state index contributed by atoms with van der Waals surface area (Å²) in [6, 6.07) is 0.584. The van der Waals surface area contributed by atoms with Crippen molar-refractivity contribution in [1.29, 1.82) is 0 Å². The molecule has 0 aromatic rings. The Morgan fingerprint density at radius 1 is 1.20 bits per heavy atom. The Morgan fingerprint density at radius 3 is 2.30 bits per heavy atom. The predicted molar refractivity (Wildman–Crippen MR) is 42.7 cm³/mol. The summed E-state index contributed by atoms with van der Waals surface area (Å²) in [6.07, 6.45) is 8.70. The van der Waals surface area contributed by atoms with Crippen LogP contribution in [0.5, 0.6) is 0 Å². The van der Waals surface area contributed by atoms with Crippen molar-refractivity contribution in [3.63, 3.8) is 0 Å². The van der Waals surface area contributed by atoms with Gasteiger partial charge in [-0.2, -0.15) is 0 Å². The fourth-order valence-electron chi connectivity index (χ4n) is 2.22. The first-order chi connectivity index (χ1) is 4.86. The molecule has 0 aliphatic heterocycles. The maximum absolute atomic E-state index is 5.74. The Kier molecular flexibility index (Phi) is 1.69. The van der Waals surface area contributed by atoms with Gasteiger partial charge in [0.2, 0.25) is 0 Å². The van der Waals surface area contributed by atoms with E-state index >= 15 is 0 Å². The standard InChI is InChI=1S/C9H17N/c10-9-6-8(9)5-7-3-1-2-4-7/h7-9H,1-6,10H2. The molecule has 0 aromatic carbocycles. The van der Waals surface area contributed by atoms with Gasteiger partial charge in [-0.3, -0.25) is 0 Å². The largest absolute Gasteiger partial charge is 0.327 e. The molecule has 2 saturated carbocycles. The van der Waals surface area contributed by atoms with Crippen LogP contribution in [0.25, 0.3) is 0 Å². The lowest BCUT2D eigenvalue weighted by Crippen LogP contribution is -2.04. The Balaban J connectivity index is 1.70. The summed E-state index contributed by atoms with van der Waals surface area (Å²) in [7, 11) is 0. The maximum Gasteiger partial charge on any atom is 0.00710 e. The van der Waals surface area contributed by atoms with E-state index < -0.39 is 0 Å². The number of nitrogens with two attached hydrogens (primary N) is 1. The van der Waals surface area contributed by atoms with Crippen LogP contribution >= 0.6 is 0 Å². The summed E-state index contributed by atoms with van der Waals surface area (Å²) in [6.45, 7) is 0. The van der Waals surface area contributed by atoms with E-state index in [0.717, 1.165) is 11.8 Å². The Morgan fingerprint density at radius 2 is 1.80 bits per heavy atom. The van der Waals surface area contributed by atoms with Crippen molar-refractivity contribution in [1.82, 2.24) is 0 Å². The van der Waals surface area contributed by atoms with Gasteiger partial charge in [0.15, 0.2) is 0 Å². The van der Waals surface area contributed by atoms with Crippen molar-refractivity contribution in [2.24, 2.45) is 17.6 Å². The van der Waals surface area contributed by atoms with Gasteiger partial charge < -0.3 is 5.73 Å². The first-order valence-electron chi connectivity index (χ1n) is 4.62. The third-order valence-electron chi connectivity index (χ3n) is 3.09. The molecule has 2 N–H and O–H groups in total. The van der Waals surface area contributed by atoms with E-state index in [9.17, 15) is 0 Å². The van der Waals surface area contributed by atoms with E-state index in [2.05, 4.69) is 0 Å². The molecular formula is C9H17N. The normalized spacial score (nSPS) is 40.5. The molecule has 0 amide bonds. The van der Waals surface area contributed by atoms with Crippen LogP contribution in [-0.2, 0) is 0 Å². The van der Waals surface area contributed by atoms with Gasteiger partial charge in [-0.1, -0.05) is 25.7 Å². The van der Waals surface area contributed by atoms with E-state index in [1.807, 2.05) is 0 Å². The monoisotopic (exact) mass is 139 g/mol. The topological polar surface area (TPSA) is 26.0 Å². The first-order valence-corrected chi connectivity index (χ1v) is 4.62. The molecule has 2 unspecified atom stereocenters. The number of hydrogen-bond acceptors (Lipinski definition) is 1. The summed E-state index contributed by atoms with van der Waals surface area (Å²) in [5.41, 5.74) is 5.74. The molecular weight excluding hydrogens is 122 g/mol. The second-order valence-corrected chi connectivity index (χ2v) is 4.05. The maximum atomic E-state index is 5.74. The average molecular weight is 139 g/mol. The minimum atomic E-state index is 0.584. The molecule has 2 fully saturated rings. The molecule has 0 radical (unpaired) electrons. The Hall–Kier alpha value is -0.0400. The van der Waals surface area contributed by atoms with Crippen LogP contribution in [-0.4, -0.2) is 6.04 Å². The van der Waals surface area contributed by atoms with Crippen molar-refractivity contribution in [3.8, 4) is 0 Å². The quantitative estimate of drug-likeness (QED) is 0.621. The van der Waals surface area contributed by atoms with Crippen LogP contribution in [0.3, 0.4) is 0 Å². The highest BCUT2D eigenvalue weighted by molar-refractivity contribution is 4.91. The summed E-state index contributed by atoms with van der Waals surface area (Å²) in [4.78, 5) is 0. The molecule has 2 atom stereocenters. The molecule has 0 aromatic heterocycles. The van der Waals surface area contributed by atoms with E-state index in [4.69, 9.17) is 5.73 Å². The van der Waals surface area contributed by atoms with Crippen LogP contribution in [0.4, 0.5) is 0 Å². The minimum absolute atomic E-state index is 0.584. The van der Waals surface area contributed by atoms with Crippen molar-refractivity contribution >= 4 is 0 Å². The third-order valence-corrected chi connectivity index (χ3v) is 3.09. The number of rotatable bonds is 2. The number of hydrogen-bond donors (Lipinski definition) is 1. The van der Waals surface area contributed by atoms with Crippen LogP contribution in [0.1, 0.15) is 38.5 Å². The minimum Gasteiger partial charge on any atom is -0.327 e. The molecule has 2 aliphatic rings. The molecule has 0 heterocycles. The van der Waals surface area contributed by atoms with Gasteiger partial charge in [-0.05, 0) is 24.7 Å². The zero-order chi connectivity index (χ0) is 6.97. The van der Waals surface area contributed by atoms with Crippen molar-refractivity contribution in [3.05, 3.63) is 0 Å². The van der Waals surface area contributed by atoms with Gasteiger partial charge in [-0.25, -0.2) is 0 Å². The molecule has 10 heavy (non-hydrogen) atoms. The predicted octanol–water partition coefficient (Wildman–Crippen LogP) is 1.91.